The number of likely N-dealkylation sites (tertiary alicyclic amines) is 1. The van der Waals surface area contributed by atoms with Gasteiger partial charge in [0.25, 0.3) is 5.91 Å². The summed E-state index contributed by atoms with van der Waals surface area (Å²) in [5.74, 6) is 0.748. The van der Waals surface area contributed by atoms with Gasteiger partial charge in [0.1, 0.15) is 0 Å². The van der Waals surface area contributed by atoms with Gasteiger partial charge in [-0.15, -0.1) is 0 Å². The van der Waals surface area contributed by atoms with Crippen molar-refractivity contribution in [3.05, 3.63) is 59.8 Å². The first kappa shape index (κ1) is 24.0. The Morgan fingerprint density at radius 1 is 1.14 bits per heavy atom. The first-order chi connectivity index (χ1) is 17.9. The predicted molar refractivity (Wildman–Crippen MR) is 142 cm³/mol. The number of pyridine rings is 1. The quantitative estimate of drug-likeness (QED) is 0.431. The van der Waals surface area contributed by atoms with E-state index in [2.05, 4.69) is 22.0 Å². The lowest BCUT2D eigenvalue weighted by atomic mass is 9.91. The molecule has 1 amide bonds. The van der Waals surface area contributed by atoms with Crippen LogP contribution >= 0.6 is 0 Å². The van der Waals surface area contributed by atoms with Gasteiger partial charge in [-0.25, -0.2) is 0 Å². The number of hydrogen-bond donors (Lipinski definition) is 0. The number of nitrogens with zero attached hydrogens (tertiary/aromatic N) is 3. The van der Waals surface area contributed by atoms with Gasteiger partial charge in [0, 0.05) is 56.2 Å². The summed E-state index contributed by atoms with van der Waals surface area (Å²) in [5, 5.41) is 1.08. The molecule has 1 atom stereocenters. The van der Waals surface area contributed by atoms with Crippen molar-refractivity contribution in [2.24, 2.45) is 0 Å². The first-order valence-electron chi connectivity index (χ1n) is 13.4. The number of benzene rings is 2. The molecule has 7 heteroatoms. The fourth-order valence-corrected chi connectivity index (χ4v) is 5.89. The maximum Gasteiger partial charge on any atom is 0.254 e. The maximum absolute atomic E-state index is 14.1. The molecule has 0 bridgehead atoms. The van der Waals surface area contributed by atoms with Crippen LogP contribution in [0.4, 0.5) is 0 Å². The van der Waals surface area contributed by atoms with Crippen molar-refractivity contribution < 1.29 is 19.0 Å². The van der Waals surface area contributed by atoms with Gasteiger partial charge in [-0.05, 0) is 62.1 Å². The van der Waals surface area contributed by atoms with Crippen molar-refractivity contribution in [3.8, 4) is 17.2 Å². The third-order valence-electron chi connectivity index (χ3n) is 7.90. The molecule has 1 aliphatic carbocycles. The molecule has 0 radical (unpaired) electrons. The van der Waals surface area contributed by atoms with Crippen LogP contribution in [0.1, 0.15) is 61.9 Å². The third-order valence-corrected chi connectivity index (χ3v) is 7.90. The largest absolute Gasteiger partial charge is 0.493 e. The molecule has 0 N–H and O–H groups in total. The molecule has 2 aliphatic heterocycles. The SMILES string of the molecule is COc1cc(C(=O)N(Cc2cnc3ccccc3c2)C[C@@H]2CCCN2C2CCC2)cc2c1OC(C)(C)O2. The molecule has 194 valence electrons. The number of ether oxygens (including phenoxy) is 3. The summed E-state index contributed by atoms with van der Waals surface area (Å²) < 4.78 is 17.5. The van der Waals surface area contributed by atoms with Gasteiger partial charge in [0.15, 0.2) is 11.5 Å². The topological polar surface area (TPSA) is 64.1 Å². The second kappa shape index (κ2) is 9.53. The number of para-hydroxylation sites is 1. The van der Waals surface area contributed by atoms with Crippen LogP contribution in [0.2, 0.25) is 0 Å². The van der Waals surface area contributed by atoms with E-state index in [9.17, 15) is 4.79 Å². The Morgan fingerprint density at radius 3 is 2.76 bits per heavy atom. The number of rotatable bonds is 7. The summed E-state index contributed by atoms with van der Waals surface area (Å²) in [7, 11) is 1.59. The standard InChI is InChI=1S/C30H35N3O4/c1-30(2)36-27-16-22(15-26(35-3)28(27)37-30)29(34)32(19-24-11-7-13-33(24)23-9-6-10-23)18-20-14-21-8-4-5-12-25(21)31-17-20/h4-5,8,12,14-17,23-24H,6-7,9-11,13,18-19H2,1-3H3/t24-/m0/s1. The molecule has 3 aromatic rings. The summed E-state index contributed by atoms with van der Waals surface area (Å²) in [4.78, 5) is 23.4. The van der Waals surface area contributed by atoms with E-state index in [4.69, 9.17) is 14.2 Å². The summed E-state index contributed by atoms with van der Waals surface area (Å²) in [6.07, 6.45) is 8.06. The average molecular weight is 502 g/mol. The molecule has 2 fully saturated rings. The van der Waals surface area contributed by atoms with Crippen LogP contribution in [0.25, 0.3) is 10.9 Å². The second-order valence-corrected chi connectivity index (χ2v) is 11.0. The van der Waals surface area contributed by atoms with Crippen LogP contribution in [0.3, 0.4) is 0 Å². The highest BCUT2D eigenvalue weighted by Gasteiger charge is 2.38. The van der Waals surface area contributed by atoms with Gasteiger partial charge in [-0.1, -0.05) is 24.6 Å². The van der Waals surface area contributed by atoms with Crippen molar-refractivity contribution >= 4 is 16.8 Å². The number of carbonyl (C=O) groups excluding carboxylic acids is 1. The fraction of sp³-hybridized carbons (Fsp3) is 0.467. The maximum atomic E-state index is 14.1. The van der Waals surface area contributed by atoms with Crippen molar-refractivity contribution in [2.45, 2.75) is 70.4 Å². The Kier molecular flexibility index (Phi) is 6.19. The summed E-state index contributed by atoms with van der Waals surface area (Å²) >= 11 is 0. The molecule has 6 rings (SSSR count). The third kappa shape index (κ3) is 4.73. The number of aromatic nitrogens is 1. The first-order valence-corrected chi connectivity index (χ1v) is 13.4. The molecule has 3 heterocycles. The molecule has 3 aliphatic rings. The highest BCUT2D eigenvalue weighted by atomic mass is 16.7. The fourth-order valence-electron chi connectivity index (χ4n) is 5.89. The number of amides is 1. The van der Waals surface area contributed by atoms with Gasteiger partial charge in [0.2, 0.25) is 11.5 Å². The molecule has 7 nitrogen and oxygen atoms in total. The normalized spacial score (nSPS) is 20.7. The zero-order valence-corrected chi connectivity index (χ0v) is 21.9. The zero-order chi connectivity index (χ0) is 25.6. The minimum Gasteiger partial charge on any atom is -0.493 e. The van der Waals surface area contributed by atoms with Crippen LogP contribution in [0, 0.1) is 0 Å². The lowest BCUT2D eigenvalue weighted by Gasteiger charge is -2.40. The van der Waals surface area contributed by atoms with E-state index in [0.717, 1.165) is 29.4 Å². The second-order valence-electron chi connectivity index (χ2n) is 11.0. The lowest BCUT2D eigenvalue weighted by Crippen LogP contribution is -2.48. The van der Waals surface area contributed by atoms with Gasteiger partial charge in [0.05, 0.1) is 12.6 Å². The van der Waals surface area contributed by atoms with Crippen molar-refractivity contribution in [1.82, 2.24) is 14.8 Å². The van der Waals surface area contributed by atoms with Crippen LogP contribution < -0.4 is 14.2 Å². The minimum absolute atomic E-state index is 0.0389. The Bertz CT molecular complexity index is 1320. The minimum atomic E-state index is -0.805. The molecule has 37 heavy (non-hydrogen) atoms. The van der Waals surface area contributed by atoms with Gasteiger partial charge in [-0.3, -0.25) is 14.7 Å². The summed E-state index contributed by atoms with van der Waals surface area (Å²) in [6.45, 7) is 6.00. The van der Waals surface area contributed by atoms with Crippen molar-refractivity contribution in [2.75, 3.05) is 20.2 Å². The molecule has 1 aromatic heterocycles. The van der Waals surface area contributed by atoms with E-state index >= 15 is 0 Å². The molecule has 0 unspecified atom stereocenters. The number of hydrogen-bond acceptors (Lipinski definition) is 6. The number of fused-ring (bicyclic) bond motifs is 2. The highest BCUT2D eigenvalue weighted by Crippen LogP contribution is 2.47. The van der Waals surface area contributed by atoms with Gasteiger partial charge >= 0.3 is 0 Å². The molecule has 0 spiro atoms. The Hall–Kier alpha value is -3.32. The Morgan fingerprint density at radius 2 is 1.97 bits per heavy atom. The smallest absolute Gasteiger partial charge is 0.254 e. The number of methoxy groups -OCH3 is 1. The number of carbonyl (C=O) groups is 1. The highest BCUT2D eigenvalue weighted by molar-refractivity contribution is 5.96. The average Bonchev–Trinajstić information content (AvgIpc) is 3.43. The summed E-state index contributed by atoms with van der Waals surface area (Å²) in [6, 6.07) is 14.8. The van der Waals surface area contributed by atoms with Crippen LogP contribution in [-0.2, 0) is 6.54 Å². The molecule has 2 aromatic carbocycles. The Balaban J connectivity index is 1.32. The predicted octanol–water partition coefficient (Wildman–Crippen LogP) is 5.41. The van der Waals surface area contributed by atoms with Crippen molar-refractivity contribution in [1.29, 1.82) is 0 Å². The molecule has 1 saturated heterocycles. The molecular formula is C30H35N3O4. The van der Waals surface area contributed by atoms with E-state index in [1.54, 1.807) is 19.2 Å². The van der Waals surface area contributed by atoms with Gasteiger partial charge < -0.3 is 19.1 Å². The van der Waals surface area contributed by atoms with E-state index < -0.39 is 5.79 Å². The zero-order valence-electron chi connectivity index (χ0n) is 21.9. The van der Waals surface area contributed by atoms with Crippen LogP contribution in [0.15, 0.2) is 48.7 Å². The van der Waals surface area contributed by atoms with E-state index in [-0.39, 0.29) is 5.91 Å². The lowest BCUT2D eigenvalue weighted by molar-refractivity contribution is -0.0439. The molecule has 1 saturated carbocycles. The van der Waals surface area contributed by atoms with Crippen molar-refractivity contribution in [3.63, 3.8) is 0 Å². The Labute approximate surface area is 218 Å². The van der Waals surface area contributed by atoms with E-state index in [1.165, 1.54) is 25.7 Å². The monoisotopic (exact) mass is 501 g/mol. The summed E-state index contributed by atoms with van der Waals surface area (Å²) in [5.41, 5.74) is 2.52. The van der Waals surface area contributed by atoms with E-state index in [0.29, 0.717) is 48.0 Å². The van der Waals surface area contributed by atoms with Gasteiger partial charge in [-0.2, -0.15) is 0 Å². The van der Waals surface area contributed by atoms with Crippen LogP contribution in [0.5, 0.6) is 17.2 Å². The van der Waals surface area contributed by atoms with Crippen LogP contribution in [-0.4, -0.2) is 58.8 Å². The van der Waals surface area contributed by atoms with E-state index in [1.807, 2.05) is 43.1 Å². The molecular weight excluding hydrogens is 466 g/mol.